The molecule has 0 aliphatic heterocycles. The van der Waals surface area contributed by atoms with Crippen molar-refractivity contribution < 1.29 is 14.3 Å². The molecule has 0 radical (unpaired) electrons. The Morgan fingerprint density at radius 2 is 2.00 bits per heavy atom. The molecule has 0 fully saturated rings. The van der Waals surface area contributed by atoms with Gasteiger partial charge in [0.1, 0.15) is 6.61 Å². The maximum absolute atomic E-state index is 10.7. The molecule has 4 heteroatoms. The lowest BCUT2D eigenvalue weighted by molar-refractivity contribution is 0.0441. The molecule has 0 aliphatic carbocycles. The zero-order valence-corrected chi connectivity index (χ0v) is 7.92. The summed E-state index contributed by atoms with van der Waals surface area (Å²) in [5, 5.41) is 0. The quantitative estimate of drug-likeness (QED) is 0.654. The summed E-state index contributed by atoms with van der Waals surface area (Å²) in [6.45, 7) is 6.01. The Balaban J connectivity index is 3.60. The van der Waals surface area contributed by atoms with Crippen molar-refractivity contribution in [2.24, 2.45) is 5.73 Å². The van der Waals surface area contributed by atoms with Crippen LogP contribution in [-0.4, -0.2) is 24.9 Å². The zero-order valence-electron chi connectivity index (χ0n) is 7.92. The molecule has 0 saturated carbocycles. The first kappa shape index (κ1) is 11.2. The van der Waals surface area contributed by atoms with Gasteiger partial charge in [-0.3, -0.25) is 0 Å². The maximum atomic E-state index is 10.7. The number of rotatable bonds is 4. The van der Waals surface area contributed by atoms with Gasteiger partial charge in [0.2, 0.25) is 0 Å². The third kappa shape index (κ3) is 4.96. The second kappa shape index (κ2) is 4.98. The van der Waals surface area contributed by atoms with E-state index in [1.54, 1.807) is 6.92 Å². The molecule has 0 rings (SSSR count). The molecule has 0 aromatic heterocycles. The topological polar surface area (TPSA) is 61.5 Å². The summed E-state index contributed by atoms with van der Waals surface area (Å²) in [5.74, 6) is 0. The first-order chi connectivity index (χ1) is 5.52. The first-order valence-electron chi connectivity index (χ1n) is 4.10. The van der Waals surface area contributed by atoms with Gasteiger partial charge in [-0.2, -0.15) is 0 Å². The molecule has 0 aromatic rings. The molecule has 72 valence electrons. The highest BCUT2D eigenvalue weighted by Gasteiger charge is 2.18. The van der Waals surface area contributed by atoms with Crippen LogP contribution in [0.3, 0.4) is 0 Å². The van der Waals surface area contributed by atoms with E-state index < -0.39 is 11.7 Å². The molecular formula is C8H17NO3. The SMILES string of the molecule is CCOC(=O)OCC(C)(N)CC. The Hall–Kier alpha value is -0.770. The monoisotopic (exact) mass is 175 g/mol. The highest BCUT2D eigenvalue weighted by molar-refractivity contribution is 5.59. The minimum atomic E-state index is -0.650. The summed E-state index contributed by atoms with van der Waals surface area (Å²) in [5.41, 5.74) is 5.28. The molecule has 2 N–H and O–H groups in total. The van der Waals surface area contributed by atoms with Crippen LogP contribution in [0.2, 0.25) is 0 Å². The van der Waals surface area contributed by atoms with Gasteiger partial charge < -0.3 is 15.2 Å². The van der Waals surface area contributed by atoms with Gasteiger partial charge in [0, 0.05) is 5.54 Å². The van der Waals surface area contributed by atoms with Crippen LogP contribution in [0, 0.1) is 0 Å². The molecule has 0 amide bonds. The Labute approximate surface area is 73.0 Å². The van der Waals surface area contributed by atoms with Gasteiger partial charge in [0.05, 0.1) is 6.61 Å². The normalized spacial score (nSPS) is 15.0. The molecule has 0 heterocycles. The van der Waals surface area contributed by atoms with Gasteiger partial charge in [-0.1, -0.05) is 6.92 Å². The molecule has 0 saturated heterocycles. The van der Waals surface area contributed by atoms with E-state index in [1.807, 2.05) is 13.8 Å². The van der Waals surface area contributed by atoms with Crippen LogP contribution in [0.5, 0.6) is 0 Å². The van der Waals surface area contributed by atoms with E-state index in [4.69, 9.17) is 10.5 Å². The van der Waals surface area contributed by atoms with Gasteiger partial charge in [0.15, 0.2) is 0 Å². The van der Waals surface area contributed by atoms with Crippen molar-refractivity contribution in [3.8, 4) is 0 Å². The molecule has 0 aromatic carbocycles. The van der Waals surface area contributed by atoms with Crippen LogP contribution >= 0.6 is 0 Å². The van der Waals surface area contributed by atoms with E-state index in [2.05, 4.69) is 4.74 Å². The third-order valence-corrected chi connectivity index (χ3v) is 1.59. The predicted octanol–water partition coefficient (Wildman–Crippen LogP) is 1.29. The fourth-order valence-corrected chi connectivity index (χ4v) is 0.485. The van der Waals surface area contributed by atoms with Crippen molar-refractivity contribution in [3.63, 3.8) is 0 Å². The van der Waals surface area contributed by atoms with Gasteiger partial charge in [-0.25, -0.2) is 4.79 Å². The summed E-state index contributed by atoms with van der Waals surface area (Å²) >= 11 is 0. The number of carbonyl (C=O) groups is 1. The lowest BCUT2D eigenvalue weighted by atomic mass is 10.0. The average Bonchev–Trinajstić information content (AvgIpc) is 2.02. The number of hydrogen-bond acceptors (Lipinski definition) is 4. The van der Waals surface area contributed by atoms with Crippen LogP contribution in [0.1, 0.15) is 27.2 Å². The predicted molar refractivity (Wildman–Crippen MR) is 45.9 cm³/mol. The highest BCUT2D eigenvalue weighted by Crippen LogP contribution is 2.05. The summed E-state index contributed by atoms with van der Waals surface area (Å²) in [6, 6.07) is 0. The minimum Gasteiger partial charge on any atom is -0.435 e. The Kier molecular flexibility index (Phi) is 4.66. The summed E-state index contributed by atoms with van der Waals surface area (Å²) < 4.78 is 9.32. The van der Waals surface area contributed by atoms with Crippen molar-refractivity contribution in [3.05, 3.63) is 0 Å². The molecule has 0 bridgehead atoms. The molecule has 12 heavy (non-hydrogen) atoms. The van der Waals surface area contributed by atoms with Gasteiger partial charge in [-0.15, -0.1) is 0 Å². The largest absolute Gasteiger partial charge is 0.508 e. The van der Waals surface area contributed by atoms with Crippen LogP contribution < -0.4 is 5.73 Å². The van der Waals surface area contributed by atoms with Crippen molar-refractivity contribution in [1.82, 2.24) is 0 Å². The van der Waals surface area contributed by atoms with E-state index in [9.17, 15) is 4.79 Å². The maximum Gasteiger partial charge on any atom is 0.508 e. The first-order valence-corrected chi connectivity index (χ1v) is 4.10. The second-order valence-electron chi connectivity index (χ2n) is 2.98. The van der Waals surface area contributed by atoms with Crippen molar-refractivity contribution in [1.29, 1.82) is 0 Å². The van der Waals surface area contributed by atoms with Gasteiger partial charge >= 0.3 is 6.16 Å². The van der Waals surface area contributed by atoms with E-state index in [0.29, 0.717) is 6.61 Å². The number of nitrogens with two attached hydrogens (primary N) is 1. The van der Waals surface area contributed by atoms with Crippen LogP contribution in [0.4, 0.5) is 4.79 Å². The Morgan fingerprint density at radius 3 is 2.42 bits per heavy atom. The molecule has 0 spiro atoms. The lowest BCUT2D eigenvalue weighted by Crippen LogP contribution is -2.41. The summed E-state index contributed by atoms with van der Waals surface area (Å²) in [4.78, 5) is 10.7. The van der Waals surface area contributed by atoms with Crippen LogP contribution in [0.25, 0.3) is 0 Å². The zero-order chi connectivity index (χ0) is 9.61. The number of ether oxygens (including phenoxy) is 2. The fraction of sp³-hybridized carbons (Fsp3) is 0.875. The highest BCUT2D eigenvalue weighted by atomic mass is 16.7. The molecule has 4 nitrogen and oxygen atoms in total. The number of hydrogen-bond donors (Lipinski definition) is 1. The lowest BCUT2D eigenvalue weighted by Gasteiger charge is -2.21. The molecular weight excluding hydrogens is 158 g/mol. The number of carbonyl (C=O) groups excluding carboxylic acids is 1. The molecule has 1 unspecified atom stereocenters. The Morgan fingerprint density at radius 1 is 1.42 bits per heavy atom. The van der Waals surface area contributed by atoms with E-state index >= 15 is 0 Å². The average molecular weight is 175 g/mol. The van der Waals surface area contributed by atoms with Crippen molar-refractivity contribution >= 4 is 6.16 Å². The minimum absolute atomic E-state index is 0.197. The molecule has 1 atom stereocenters. The fourth-order valence-electron chi connectivity index (χ4n) is 0.485. The van der Waals surface area contributed by atoms with E-state index in [0.717, 1.165) is 6.42 Å². The van der Waals surface area contributed by atoms with Gasteiger partial charge in [0.25, 0.3) is 0 Å². The summed E-state index contributed by atoms with van der Waals surface area (Å²) in [6.07, 6.45) is 0.106. The van der Waals surface area contributed by atoms with E-state index in [-0.39, 0.29) is 6.61 Å². The third-order valence-electron chi connectivity index (χ3n) is 1.59. The smallest absolute Gasteiger partial charge is 0.435 e. The second-order valence-corrected chi connectivity index (χ2v) is 2.98. The summed E-state index contributed by atoms with van der Waals surface area (Å²) in [7, 11) is 0. The van der Waals surface area contributed by atoms with E-state index in [1.165, 1.54) is 0 Å². The van der Waals surface area contributed by atoms with Crippen LogP contribution in [0.15, 0.2) is 0 Å². The standard InChI is InChI=1S/C8H17NO3/c1-4-8(3,9)6-12-7(10)11-5-2/h4-6,9H2,1-3H3. The van der Waals surface area contributed by atoms with Crippen LogP contribution in [-0.2, 0) is 9.47 Å². The van der Waals surface area contributed by atoms with Gasteiger partial charge in [-0.05, 0) is 20.3 Å². The molecule has 0 aliphatic rings. The Bertz CT molecular complexity index is 145. The van der Waals surface area contributed by atoms with Crippen molar-refractivity contribution in [2.75, 3.05) is 13.2 Å². The van der Waals surface area contributed by atoms with Crippen molar-refractivity contribution in [2.45, 2.75) is 32.7 Å².